The maximum Gasteiger partial charge on any atom is 0.116 e. The first-order chi connectivity index (χ1) is 32.9. The van der Waals surface area contributed by atoms with Crippen LogP contribution in [0.1, 0.15) is 103 Å². The van der Waals surface area contributed by atoms with E-state index in [1.165, 1.54) is 61.2 Å². The number of nitrogens with zero attached hydrogens (tertiary/aromatic N) is 3. The molecule has 67 heavy (non-hydrogen) atoms. The van der Waals surface area contributed by atoms with Crippen LogP contribution in [0.2, 0.25) is 0 Å². The summed E-state index contributed by atoms with van der Waals surface area (Å²) in [5, 5.41) is 39.6. The molecule has 0 bridgehead atoms. The molecule has 2 heterocycles. The van der Waals surface area contributed by atoms with E-state index >= 15 is 0 Å². The van der Waals surface area contributed by atoms with Gasteiger partial charge in [-0.05, 0) is 175 Å². The molecule has 2 saturated heterocycles. The summed E-state index contributed by atoms with van der Waals surface area (Å²) in [5.41, 5.74) is 13.9. The Labute approximate surface area is 399 Å². The van der Waals surface area contributed by atoms with Gasteiger partial charge in [-0.25, -0.2) is 0 Å². The van der Waals surface area contributed by atoms with Gasteiger partial charge in [0.15, 0.2) is 0 Å². The first-order valence-electron chi connectivity index (χ1n) is 24.7. The van der Waals surface area contributed by atoms with Crippen LogP contribution in [0.3, 0.4) is 0 Å². The molecule has 0 amide bonds. The van der Waals surface area contributed by atoms with Crippen molar-refractivity contribution in [3.8, 4) is 11.5 Å². The molecule has 0 unspecified atom stereocenters. The molecule has 3 aliphatic rings. The summed E-state index contributed by atoms with van der Waals surface area (Å²) in [4.78, 5) is 7.66. The van der Waals surface area contributed by atoms with Crippen LogP contribution in [-0.2, 0) is 0 Å². The molecule has 0 radical (unpaired) electrons. The lowest BCUT2D eigenvalue weighted by atomic mass is 9.85. The van der Waals surface area contributed by atoms with Crippen LogP contribution in [0.5, 0.6) is 11.5 Å². The van der Waals surface area contributed by atoms with Crippen molar-refractivity contribution in [1.82, 2.24) is 9.80 Å². The molecule has 7 nitrogen and oxygen atoms in total. The van der Waals surface area contributed by atoms with Crippen LogP contribution in [-0.4, -0.2) is 95.3 Å². The second-order valence-electron chi connectivity index (χ2n) is 18.3. The first kappa shape index (κ1) is 47.5. The Morgan fingerprint density at radius 1 is 0.478 bits per heavy atom. The zero-order chi connectivity index (χ0) is 46.4. The number of piperazine rings is 1. The fourth-order valence-corrected chi connectivity index (χ4v) is 10.1. The maximum absolute atomic E-state index is 10.2. The Morgan fingerprint density at radius 3 is 1.37 bits per heavy atom. The SMILES string of the molecule is CCN1CCC(c2ccc(/C(=C(/CCCO)c3ccccc3)c3cccc(O)c3)cc2)CC1.OCCC/C(=C(/c1ccc(N2CCN(C3CC3)CC2)cc1)c1cccc(O)c1)c1ccccc1. The molecule has 6 aromatic carbocycles. The van der Waals surface area contributed by atoms with Crippen LogP contribution < -0.4 is 4.90 Å². The van der Waals surface area contributed by atoms with E-state index in [1.54, 1.807) is 12.1 Å². The summed E-state index contributed by atoms with van der Waals surface area (Å²) in [7, 11) is 0. The van der Waals surface area contributed by atoms with Gasteiger partial charge in [-0.1, -0.05) is 128 Å². The molecule has 0 spiro atoms. The Hall–Kier alpha value is -5.96. The van der Waals surface area contributed by atoms with Crippen molar-refractivity contribution >= 4 is 28.0 Å². The zero-order valence-electron chi connectivity index (χ0n) is 39.3. The molecule has 0 aromatic heterocycles. The minimum Gasteiger partial charge on any atom is -0.508 e. The number of phenolic OH excluding ortho intramolecular Hbond substituents is 2. The van der Waals surface area contributed by atoms with Gasteiger partial charge < -0.3 is 30.2 Å². The standard InChI is InChI=1S/C30H34N2O2.C30H35NO2/c33-21-5-10-29(23-6-2-1-3-7-23)30(25-8-4-9-28(34)22-25)24-11-13-26(14-12-24)31-17-19-32(20-18-31)27-15-16-27;1-2-31-19-17-24(18-20-31)23-13-15-26(16-14-23)30(27-10-6-11-28(33)22-27)29(12-7-21-32)25-8-4-3-5-9-25/h1-4,6-9,11-14,22,27,33-34H,5,10,15-21H2;3-6,8-11,13-16,22,24,32-33H,2,7,12,17-21H2,1H3/b2*30-29+. The molecule has 348 valence electrons. The topological polar surface area (TPSA) is 90.6 Å². The summed E-state index contributed by atoms with van der Waals surface area (Å²) in [6, 6.07) is 54.6. The molecule has 6 aromatic rings. The lowest BCUT2D eigenvalue weighted by Crippen LogP contribution is -2.47. The van der Waals surface area contributed by atoms with E-state index in [2.05, 4.69) is 131 Å². The fourth-order valence-electron chi connectivity index (χ4n) is 10.1. The molecule has 1 saturated carbocycles. The number of benzene rings is 6. The van der Waals surface area contributed by atoms with Gasteiger partial charge in [-0.15, -0.1) is 0 Å². The Morgan fingerprint density at radius 2 is 0.940 bits per heavy atom. The second kappa shape index (κ2) is 23.7. The minimum absolute atomic E-state index is 0.148. The summed E-state index contributed by atoms with van der Waals surface area (Å²) in [6.07, 6.45) is 8.09. The molecule has 9 rings (SSSR count). The van der Waals surface area contributed by atoms with Gasteiger partial charge in [-0.3, -0.25) is 4.90 Å². The van der Waals surface area contributed by atoms with Gasteiger partial charge in [-0.2, -0.15) is 0 Å². The Bertz CT molecular complexity index is 2520. The van der Waals surface area contributed by atoms with E-state index in [0.717, 1.165) is 96.1 Å². The quantitative estimate of drug-likeness (QED) is 0.0720. The van der Waals surface area contributed by atoms with Crippen molar-refractivity contribution in [3.05, 3.63) is 197 Å². The predicted molar refractivity (Wildman–Crippen MR) is 277 cm³/mol. The number of aromatic hydroxyl groups is 2. The van der Waals surface area contributed by atoms with Gasteiger partial charge in [0.2, 0.25) is 0 Å². The van der Waals surface area contributed by atoms with Crippen LogP contribution >= 0.6 is 0 Å². The molecule has 2 aliphatic heterocycles. The second-order valence-corrected chi connectivity index (χ2v) is 18.3. The molecule has 3 fully saturated rings. The minimum atomic E-state index is 0.148. The van der Waals surface area contributed by atoms with E-state index < -0.39 is 0 Å². The summed E-state index contributed by atoms with van der Waals surface area (Å²) in [5.74, 6) is 1.15. The lowest BCUT2D eigenvalue weighted by Gasteiger charge is -2.36. The third kappa shape index (κ3) is 12.5. The number of allylic oxidation sites excluding steroid dienone is 2. The first-order valence-corrected chi connectivity index (χ1v) is 24.7. The smallest absolute Gasteiger partial charge is 0.116 e. The number of hydrogen-bond donors (Lipinski definition) is 4. The normalized spacial score (nSPS) is 16.7. The van der Waals surface area contributed by atoms with Gasteiger partial charge >= 0.3 is 0 Å². The van der Waals surface area contributed by atoms with Crippen molar-refractivity contribution in [2.45, 2.75) is 70.3 Å². The number of anilines is 1. The van der Waals surface area contributed by atoms with Crippen LogP contribution in [0.4, 0.5) is 5.69 Å². The number of aliphatic hydroxyl groups excluding tert-OH is 2. The van der Waals surface area contributed by atoms with Gasteiger partial charge in [0, 0.05) is 51.1 Å². The average Bonchev–Trinajstić information content (AvgIpc) is 4.24. The molecule has 0 atom stereocenters. The number of likely N-dealkylation sites (tertiary alicyclic amines) is 1. The van der Waals surface area contributed by atoms with E-state index in [9.17, 15) is 20.4 Å². The summed E-state index contributed by atoms with van der Waals surface area (Å²) in [6.45, 7) is 10.5. The summed E-state index contributed by atoms with van der Waals surface area (Å²) < 4.78 is 0. The van der Waals surface area contributed by atoms with E-state index in [0.29, 0.717) is 18.8 Å². The van der Waals surface area contributed by atoms with Crippen molar-refractivity contribution in [2.24, 2.45) is 0 Å². The summed E-state index contributed by atoms with van der Waals surface area (Å²) >= 11 is 0. The highest BCUT2D eigenvalue weighted by Gasteiger charge is 2.31. The average molecular weight is 896 g/mol. The van der Waals surface area contributed by atoms with Gasteiger partial charge in [0.25, 0.3) is 0 Å². The fraction of sp³-hybridized carbons (Fsp3) is 0.333. The highest BCUT2D eigenvalue weighted by Crippen LogP contribution is 2.39. The monoisotopic (exact) mass is 896 g/mol. The Balaban J connectivity index is 0.000000182. The molecular weight excluding hydrogens is 827 g/mol. The van der Waals surface area contributed by atoms with Gasteiger partial charge in [0.05, 0.1) is 0 Å². The third-order valence-electron chi connectivity index (χ3n) is 13.9. The lowest BCUT2D eigenvalue weighted by molar-refractivity contribution is 0.222. The molecular formula is C60H69N3O4. The number of rotatable bonds is 16. The maximum atomic E-state index is 10.2. The molecule has 4 N–H and O–H groups in total. The van der Waals surface area contributed by atoms with Gasteiger partial charge in [0.1, 0.15) is 11.5 Å². The van der Waals surface area contributed by atoms with Crippen LogP contribution in [0.25, 0.3) is 22.3 Å². The van der Waals surface area contributed by atoms with E-state index in [4.69, 9.17) is 0 Å². The highest BCUT2D eigenvalue weighted by molar-refractivity contribution is 6.00. The Kier molecular flexibility index (Phi) is 16.8. The van der Waals surface area contributed by atoms with Crippen molar-refractivity contribution in [3.63, 3.8) is 0 Å². The highest BCUT2D eigenvalue weighted by atomic mass is 16.3. The van der Waals surface area contributed by atoms with Crippen LogP contribution in [0.15, 0.2) is 158 Å². The zero-order valence-corrected chi connectivity index (χ0v) is 39.3. The van der Waals surface area contributed by atoms with E-state index in [-0.39, 0.29) is 24.7 Å². The molecule has 7 heteroatoms. The van der Waals surface area contributed by atoms with Crippen LogP contribution in [0, 0.1) is 0 Å². The molecule has 1 aliphatic carbocycles. The van der Waals surface area contributed by atoms with E-state index in [1.807, 2.05) is 36.4 Å². The number of aliphatic hydroxyl groups is 2. The van der Waals surface area contributed by atoms with Crippen molar-refractivity contribution < 1.29 is 20.4 Å². The van der Waals surface area contributed by atoms with Crippen molar-refractivity contribution in [1.29, 1.82) is 0 Å². The number of phenols is 2. The largest absolute Gasteiger partial charge is 0.508 e. The van der Waals surface area contributed by atoms with Crippen molar-refractivity contribution in [2.75, 3.05) is 63.9 Å². The predicted octanol–water partition coefficient (Wildman–Crippen LogP) is 11.7. The number of hydrogen-bond acceptors (Lipinski definition) is 7. The number of piperidine rings is 1. The third-order valence-corrected chi connectivity index (χ3v) is 13.9.